The molecule has 0 aliphatic carbocycles. The molecule has 1 N–H and O–H groups in total. The number of aliphatic hydroxyl groups is 1. The Morgan fingerprint density at radius 1 is 1.57 bits per heavy atom. The van der Waals surface area contributed by atoms with Gasteiger partial charge in [-0.1, -0.05) is 0 Å². The number of nitro benzene ring substituents is 1. The molecule has 2 rings (SSSR count). The first-order valence-corrected chi connectivity index (χ1v) is 4.25. The second kappa shape index (κ2) is 3.26. The van der Waals surface area contributed by atoms with Gasteiger partial charge in [0.15, 0.2) is 0 Å². The molecule has 74 valence electrons. The molecule has 5 nitrogen and oxygen atoms in total. The van der Waals surface area contributed by atoms with Crippen LogP contribution in [0.15, 0.2) is 18.2 Å². The van der Waals surface area contributed by atoms with E-state index in [0.717, 1.165) is 0 Å². The van der Waals surface area contributed by atoms with Crippen LogP contribution in [-0.2, 0) is 6.42 Å². The minimum absolute atomic E-state index is 0.0291. The first-order chi connectivity index (χ1) is 6.66. The molecule has 1 heterocycles. The van der Waals surface area contributed by atoms with Crippen LogP contribution in [-0.4, -0.2) is 22.7 Å². The summed E-state index contributed by atoms with van der Waals surface area (Å²) in [4.78, 5) is 10.0. The van der Waals surface area contributed by atoms with Crippen LogP contribution in [0.4, 0.5) is 5.69 Å². The third kappa shape index (κ3) is 1.54. The average Bonchev–Trinajstić information content (AvgIpc) is 2.16. The fourth-order valence-electron chi connectivity index (χ4n) is 1.48. The lowest BCUT2D eigenvalue weighted by molar-refractivity contribution is -0.385. The van der Waals surface area contributed by atoms with Crippen molar-refractivity contribution >= 4 is 5.69 Å². The molecule has 1 aliphatic rings. The van der Waals surface area contributed by atoms with Crippen LogP contribution in [0.3, 0.4) is 0 Å². The third-order valence-corrected chi connectivity index (χ3v) is 2.14. The van der Waals surface area contributed by atoms with Gasteiger partial charge in [-0.05, 0) is 6.07 Å². The van der Waals surface area contributed by atoms with E-state index in [9.17, 15) is 15.2 Å². The van der Waals surface area contributed by atoms with Gasteiger partial charge in [-0.3, -0.25) is 10.1 Å². The molecule has 0 saturated heterocycles. The van der Waals surface area contributed by atoms with Crippen molar-refractivity contribution < 1.29 is 14.8 Å². The van der Waals surface area contributed by atoms with Crippen LogP contribution in [0.1, 0.15) is 5.56 Å². The zero-order valence-corrected chi connectivity index (χ0v) is 7.34. The van der Waals surface area contributed by atoms with Gasteiger partial charge in [0.1, 0.15) is 12.4 Å². The highest BCUT2D eigenvalue weighted by Gasteiger charge is 2.20. The summed E-state index contributed by atoms with van der Waals surface area (Å²) in [6.45, 7) is 0.255. The summed E-state index contributed by atoms with van der Waals surface area (Å²) < 4.78 is 5.20. The van der Waals surface area contributed by atoms with Crippen LogP contribution in [0.2, 0.25) is 0 Å². The topological polar surface area (TPSA) is 72.6 Å². The molecule has 1 unspecified atom stereocenters. The highest BCUT2D eigenvalue weighted by Crippen LogP contribution is 2.28. The van der Waals surface area contributed by atoms with Gasteiger partial charge in [-0.2, -0.15) is 0 Å². The van der Waals surface area contributed by atoms with E-state index >= 15 is 0 Å². The van der Waals surface area contributed by atoms with Gasteiger partial charge in [0.05, 0.1) is 11.0 Å². The van der Waals surface area contributed by atoms with E-state index in [4.69, 9.17) is 4.74 Å². The Morgan fingerprint density at radius 2 is 2.36 bits per heavy atom. The Bertz CT molecular complexity index is 377. The molecular weight excluding hydrogens is 186 g/mol. The minimum Gasteiger partial charge on any atom is -0.491 e. The summed E-state index contributed by atoms with van der Waals surface area (Å²) in [5.41, 5.74) is 0.722. The second-order valence-corrected chi connectivity index (χ2v) is 3.22. The van der Waals surface area contributed by atoms with Gasteiger partial charge in [-0.15, -0.1) is 0 Å². The second-order valence-electron chi connectivity index (χ2n) is 3.22. The lowest BCUT2D eigenvalue weighted by atomic mass is 10.0. The number of hydrogen-bond donors (Lipinski definition) is 1. The van der Waals surface area contributed by atoms with E-state index in [1.165, 1.54) is 12.1 Å². The Hall–Kier alpha value is -1.62. The molecule has 14 heavy (non-hydrogen) atoms. The molecule has 0 radical (unpaired) electrons. The summed E-state index contributed by atoms with van der Waals surface area (Å²) >= 11 is 0. The first-order valence-electron chi connectivity index (χ1n) is 4.25. The number of fused-ring (bicyclic) bond motifs is 1. The average molecular weight is 195 g/mol. The van der Waals surface area contributed by atoms with E-state index in [-0.39, 0.29) is 12.3 Å². The fraction of sp³-hybridized carbons (Fsp3) is 0.333. The molecular formula is C9H9NO4. The Balaban J connectivity index is 2.37. The van der Waals surface area contributed by atoms with Gasteiger partial charge in [0.25, 0.3) is 5.69 Å². The number of aliphatic hydroxyl groups excluding tert-OH is 1. The van der Waals surface area contributed by atoms with Crippen molar-refractivity contribution in [2.45, 2.75) is 12.5 Å². The maximum absolute atomic E-state index is 10.5. The monoisotopic (exact) mass is 195 g/mol. The highest BCUT2D eigenvalue weighted by atomic mass is 16.6. The van der Waals surface area contributed by atoms with Gasteiger partial charge in [0, 0.05) is 24.1 Å². The van der Waals surface area contributed by atoms with Crippen molar-refractivity contribution in [3.05, 3.63) is 33.9 Å². The van der Waals surface area contributed by atoms with E-state index in [1.54, 1.807) is 6.07 Å². The van der Waals surface area contributed by atoms with E-state index in [2.05, 4.69) is 0 Å². The Labute approximate surface area is 80.1 Å². The van der Waals surface area contributed by atoms with Crippen molar-refractivity contribution in [3.8, 4) is 5.75 Å². The zero-order valence-electron chi connectivity index (χ0n) is 7.34. The summed E-state index contributed by atoms with van der Waals surface area (Å²) in [7, 11) is 0. The van der Waals surface area contributed by atoms with Crippen LogP contribution in [0, 0.1) is 10.1 Å². The van der Waals surface area contributed by atoms with Crippen LogP contribution in [0.5, 0.6) is 5.75 Å². The molecule has 0 spiro atoms. The number of rotatable bonds is 1. The largest absolute Gasteiger partial charge is 0.491 e. The normalized spacial score (nSPS) is 19.6. The van der Waals surface area contributed by atoms with E-state index in [1.807, 2.05) is 0 Å². The molecule has 0 aromatic heterocycles. The summed E-state index contributed by atoms with van der Waals surface area (Å²) in [5, 5.41) is 19.8. The summed E-state index contributed by atoms with van der Waals surface area (Å²) in [6.07, 6.45) is -0.152. The molecule has 0 saturated carbocycles. The standard InChI is InChI=1S/C9H9NO4/c11-8-4-6-3-7(10(12)13)1-2-9(6)14-5-8/h1-3,8,11H,4-5H2. The predicted octanol–water partition coefficient (Wildman–Crippen LogP) is 0.891. The van der Waals surface area contributed by atoms with Crippen molar-refractivity contribution in [2.24, 2.45) is 0 Å². The van der Waals surface area contributed by atoms with Gasteiger partial charge < -0.3 is 9.84 Å². The van der Waals surface area contributed by atoms with Crippen molar-refractivity contribution in [2.75, 3.05) is 6.61 Å². The SMILES string of the molecule is O=[N+]([O-])c1ccc2c(c1)CC(O)CO2. The Morgan fingerprint density at radius 3 is 3.07 bits per heavy atom. The number of benzene rings is 1. The maximum atomic E-state index is 10.5. The van der Waals surface area contributed by atoms with Crippen molar-refractivity contribution in [1.29, 1.82) is 0 Å². The molecule has 1 aliphatic heterocycles. The number of ether oxygens (including phenoxy) is 1. The lowest BCUT2D eigenvalue weighted by Gasteiger charge is -2.20. The number of hydrogen-bond acceptors (Lipinski definition) is 4. The highest BCUT2D eigenvalue weighted by molar-refractivity contribution is 5.45. The summed E-state index contributed by atoms with van der Waals surface area (Å²) in [5.74, 6) is 0.626. The smallest absolute Gasteiger partial charge is 0.269 e. The van der Waals surface area contributed by atoms with Crippen LogP contribution < -0.4 is 4.74 Å². The van der Waals surface area contributed by atoms with E-state index < -0.39 is 11.0 Å². The molecule has 0 bridgehead atoms. The number of non-ortho nitro benzene ring substituents is 1. The quantitative estimate of drug-likeness (QED) is 0.533. The molecule has 0 fully saturated rings. The minimum atomic E-state index is -0.565. The predicted molar refractivity (Wildman–Crippen MR) is 48.3 cm³/mol. The molecule has 5 heteroatoms. The number of nitrogens with zero attached hydrogens (tertiary/aromatic N) is 1. The van der Waals surface area contributed by atoms with Gasteiger partial charge >= 0.3 is 0 Å². The van der Waals surface area contributed by atoms with E-state index in [0.29, 0.717) is 17.7 Å². The zero-order chi connectivity index (χ0) is 10.1. The van der Waals surface area contributed by atoms with Crippen molar-refractivity contribution in [1.82, 2.24) is 0 Å². The number of nitro groups is 1. The van der Waals surface area contributed by atoms with Gasteiger partial charge in [-0.25, -0.2) is 0 Å². The van der Waals surface area contributed by atoms with Crippen molar-refractivity contribution in [3.63, 3.8) is 0 Å². The summed E-state index contributed by atoms with van der Waals surface area (Å²) in [6, 6.07) is 4.41. The maximum Gasteiger partial charge on any atom is 0.269 e. The molecule has 1 atom stereocenters. The Kier molecular flexibility index (Phi) is 2.09. The molecule has 0 amide bonds. The van der Waals surface area contributed by atoms with Crippen LogP contribution in [0.25, 0.3) is 0 Å². The van der Waals surface area contributed by atoms with Crippen LogP contribution >= 0.6 is 0 Å². The molecule has 1 aromatic carbocycles. The third-order valence-electron chi connectivity index (χ3n) is 2.14. The molecule has 1 aromatic rings. The lowest BCUT2D eigenvalue weighted by Crippen LogP contribution is -2.25. The first kappa shape index (κ1) is 8.96. The van der Waals surface area contributed by atoms with Gasteiger partial charge in [0.2, 0.25) is 0 Å². The fourth-order valence-corrected chi connectivity index (χ4v) is 1.48.